The van der Waals surface area contributed by atoms with Gasteiger partial charge in [0.2, 0.25) is 0 Å². The molecule has 152 valence electrons. The monoisotopic (exact) mass is 420 g/mol. The summed E-state index contributed by atoms with van der Waals surface area (Å²) in [5.41, 5.74) is 0. The Bertz CT molecular complexity index is 477. The molecule has 0 aromatic rings. The van der Waals surface area contributed by atoms with Gasteiger partial charge >= 0.3 is 42.3 Å². The van der Waals surface area contributed by atoms with Crippen LogP contribution < -0.4 is 0 Å². The van der Waals surface area contributed by atoms with Crippen molar-refractivity contribution in [3.8, 4) is 0 Å². The van der Waals surface area contributed by atoms with Crippen molar-refractivity contribution in [1.82, 2.24) is 0 Å². The van der Waals surface area contributed by atoms with Gasteiger partial charge < -0.3 is 0 Å². The zero-order chi connectivity index (χ0) is 20.9. The zero-order valence-electron chi connectivity index (χ0n) is 10.4. The van der Waals surface area contributed by atoms with E-state index in [0.29, 0.717) is 0 Å². The molecule has 0 radical (unpaired) electrons. The summed E-state index contributed by atoms with van der Waals surface area (Å²) in [6.07, 6.45) is -29.5. The SMILES string of the molecule is FOC(F)(F)C(F)(F)OC(F)(F)C(F)(F)C(F)(F)C(F)(F)C(F)(F)F. The Morgan fingerprint density at radius 1 is 0.400 bits per heavy atom. The van der Waals surface area contributed by atoms with Crippen LogP contribution in [-0.4, -0.2) is 42.3 Å². The first-order valence-electron chi connectivity index (χ1n) is 4.85. The van der Waals surface area contributed by atoms with Gasteiger partial charge in [-0.05, 0) is 4.53 Å². The van der Waals surface area contributed by atoms with E-state index in [-0.39, 0.29) is 0 Å². The smallest absolute Gasteiger partial charge is 0.243 e. The van der Waals surface area contributed by atoms with Crippen LogP contribution in [0.2, 0.25) is 0 Å². The minimum Gasteiger partial charge on any atom is -0.243 e. The molecule has 0 fully saturated rings. The fraction of sp³-hybridized carbons (Fsp3) is 1.00. The van der Waals surface area contributed by atoms with Crippen LogP contribution in [0.4, 0.5) is 70.4 Å². The third-order valence-electron chi connectivity index (χ3n) is 2.20. The Hall–Kier alpha value is -1.20. The standard InChI is InChI=1S/C7F16O2/c8-1(9,2(10,11)4(14,15)16)3(12,13)5(17,18)24-6(19,20)7(21,22)25-23. The van der Waals surface area contributed by atoms with Gasteiger partial charge in [-0.1, -0.05) is 0 Å². The molecule has 0 saturated heterocycles. The highest BCUT2D eigenvalue weighted by molar-refractivity contribution is 5.04. The van der Waals surface area contributed by atoms with Gasteiger partial charge in [0.25, 0.3) is 0 Å². The summed E-state index contributed by atoms with van der Waals surface area (Å²) < 4.78 is 196. The molecule has 0 heterocycles. The number of rotatable bonds is 7. The van der Waals surface area contributed by atoms with E-state index in [1.54, 1.807) is 0 Å². The number of halogens is 16. The van der Waals surface area contributed by atoms with Gasteiger partial charge in [-0.2, -0.15) is 65.9 Å². The Kier molecular flexibility index (Phi) is 5.63. The maximum Gasteiger partial charge on any atom is 0.478 e. The lowest BCUT2D eigenvalue weighted by Crippen LogP contribution is -2.68. The van der Waals surface area contributed by atoms with Crippen LogP contribution in [-0.2, 0) is 9.68 Å². The predicted octanol–water partition coefficient (Wildman–Crippen LogP) is 5.15. The lowest BCUT2D eigenvalue weighted by atomic mass is 10.0. The molecular formula is C7F16O2. The molecule has 0 aliphatic rings. The Morgan fingerprint density at radius 3 is 1.04 bits per heavy atom. The van der Waals surface area contributed by atoms with Crippen molar-refractivity contribution in [2.45, 2.75) is 42.3 Å². The molecular weight excluding hydrogens is 420 g/mol. The van der Waals surface area contributed by atoms with E-state index in [0.717, 1.165) is 4.94 Å². The zero-order valence-corrected chi connectivity index (χ0v) is 10.4. The Balaban J connectivity index is 6.07. The summed E-state index contributed by atoms with van der Waals surface area (Å²) in [5.74, 6) is -24.3. The maximum atomic E-state index is 12.7. The Morgan fingerprint density at radius 2 is 0.760 bits per heavy atom. The van der Waals surface area contributed by atoms with E-state index in [1.807, 2.05) is 0 Å². The highest BCUT2D eigenvalue weighted by Gasteiger charge is 2.89. The van der Waals surface area contributed by atoms with Gasteiger partial charge in [-0.25, -0.2) is 4.74 Å². The molecule has 0 N–H and O–H groups in total. The summed E-state index contributed by atoms with van der Waals surface area (Å²) in [4.78, 5) is 1.07. The van der Waals surface area contributed by atoms with Crippen molar-refractivity contribution < 1.29 is 80.1 Å². The summed E-state index contributed by atoms with van der Waals surface area (Å²) in [6, 6.07) is 0. The van der Waals surface area contributed by atoms with Gasteiger partial charge in [0.1, 0.15) is 0 Å². The molecule has 0 aromatic heterocycles. The molecule has 0 bridgehead atoms. The van der Waals surface area contributed by atoms with Crippen molar-refractivity contribution in [3.63, 3.8) is 0 Å². The molecule has 0 aliphatic carbocycles. The van der Waals surface area contributed by atoms with Crippen LogP contribution in [0.15, 0.2) is 0 Å². The third kappa shape index (κ3) is 3.54. The van der Waals surface area contributed by atoms with Crippen LogP contribution >= 0.6 is 0 Å². The van der Waals surface area contributed by atoms with E-state index in [2.05, 4.69) is 0 Å². The van der Waals surface area contributed by atoms with Crippen molar-refractivity contribution in [2.24, 2.45) is 0 Å². The van der Waals surface area contributed by atoms with Gasteiger partial charge in [0.15, 0.2) is 0 Å². The van der Waals surface area contributed by atoms with Crippen molar-refractivity contribution in [3.05, 3.63) is 0 Å². The highest BCUT2D eigenvalue weighted by Crippen LogP contribution is 2.58. The maximum absolute atomic E-state index is 12.7. The van der Waals surface area contributed by atoms with Crippen LogP contribution in [0, 0.1) is 0 Å². The minimum atomic E-state index is -8.18. The second-order valence-electron chi connectivity index (χ2n) is 3.95. The summed E-state index contributed by atoms with van der Waals surface area (Å²) in [5, 5.41) is 0. The van der Waals surface area contributed by atoms with Crippen molar-refractivity contribution >= 4 is 0 Å². The largest absolute Gasteiger partial charge is 0.478 e. The van der Waals surface area contributed by atoms with Gasteiger partial charge in [-0.15, -0.1) is 4.94 Å². The number of ether oxygens (including phenoxy) is 1. The molecule has 2 nitrogen and oxygen atoms in total. The van der Waals surface area contributed by atoms with Crippen molar-refractivity contribution in [1.29, 1.82) is 0 Å². The third-order valence-corrected chi connectivity index (χ3v) is 2.20. The van der Waals surface area contributed by atoms with E-state index < -0.39 is 42.3 Å². The first-order valence-corrected chi connectivity index (χ1v) is 4.85. The molecule has 0 unspecified atom stereocenters. The quantitative estimate of drug-likeness (QED) is 0.531. The molecule has 0 spiro atoms. The van der Waals surface area contributed by atoms with Crippen LogP contribution in [0.5, 0.6) is 0 Å². The van der Waals surface area contributed by atoms with Gasteiger partial charge in [0.05, 0.1) is 0 Å². The topological polar surface area (TPSA) is 18.5 Å². The molecule has 0 atom stereocenters. The lowest BCUT2D eigenvalue weighted by molar-refractivity contribution is -0.544. The summed E-state index contributed by atoms with van der Waals surface area (Å²) in [6.45, 7) is 0. The molecule has 0 rings (SSSR count). The molecule has 18 heteroatoms. The number of alkyl halides is 15. The fourth-order valence-electron chi connectivity index (χ4n) is 0.887. The molecule has 0 aliphatic heterocycles. The number of hydrogen-bond acceptors (Lipinski definition) is 2. The lowest BCUT2D eigenvalue weighted by Gasteiger charge is -2.37. The average Bonchev–Trinajstić information content (AvgIpc) is 2.35. The second kappa shape index (κ2) is 5.92. The van der Waals surface area contributed by atoms with Gasteiger partial charge in [0, 0.05) is 0 Å². The van der Waals surface area contributed by atoms with E-state index in [1.165, 1.54) is 4.74 Å². The molecule has 0 saturated carbocycles. The molecule has 25 heavy (non-hydrogen) atoms. The fourth-order valence-corrected chi connectivity index (χ4v) is 0.887. The summed E-state index contributed by atoms with van der Waals surface area (Å²) >= 11 is 0. The van der Waals surface area contributed by atoms with Crippen LogP contribution in [0.3, 0.4) is 0 Å². The first-order chi connectivity index (χ1) is 10.5. The molecule has 0 amide bonds. The highest BCUT2D eigenvalue weighted by atomic mass is 19.4. The average molecular weight is 420 g/mol. The normalized spacial score (nSPS) is 16.3. The second-order valence-corrected chi connectivity index (χ2v) is 3.95. The van der Waals surface area contributed by atoms with Crippen LogP contribution in [0.25, 0.3) is 0 Å². The minimum absolute atomic E-state index is 1.07. The summed E-state index contributed by atoms with van der Waals surface area (Å²) in [7, 11) is 0. The van der Waals surface area contributed by atoms with E-state index >= 15 is 0 Å². The Labute approximate surface area is 124 Å². The first kappa shape index (κ1) is 23.8. The predicted molar refractivity (Wildman–Crippen MR) is 39.0 cm³/mol. The number of hydrogen-bond donors (Lipinski definition) is 0. The van der Waals surface area contributed by atoms with E-state index in [4.69, 9.17) is 0 Å². The van der Waals surface area contributed by atoms with Crippen LogP contribution in [0.1, 0.15) is 0 Å². The van der Waals surface area contributed by atoms with Gasteiger partial charge in [-0.3, -0.25) is 0 Å². The van der Waals surface area contributed by atoms with E-state index in [9.17, 15) is 70.4 Å². The van der Waals surface area contributed by atoms with Crippen molar-refractivity contribution in [2.75, 3.05) is 0 Å². The molecule has 0 aromatic carbocycles.